The van der Waals surface area contributed by atoms with E-state index in [0.29, 0.717) is 10.3 Å². The van der Waals surface area contributed by atoms with Gasteiger partial charge in [-0.15, -0.1) is 0 Å². The van der Waals surface area contributed by atoms with Crippen LogP contribution < -0.4 is 16.2 Å². The zero-order chi connectivity index (χ0) is 15.9. The number of hydrazine groups is 1. The number of para-hydroxylation sites is 1. The molecule has 0 radical (unpaired) electrons. The zero-order valence-electron chi connectivity index (χ0n) is 11.9. The lowest BCUT2D eigenvalue weighted by Gasteiger charge is -2.07. The summed E-state index contributed by atoms with van der Waals surface area (Å²) in [6.45, 7) is 0. The van der Waals surface area contributed by atoms with Crippen LogP contribution in [0, 0.1) is 0 Å². The van der Waals surface area contributed by atoms with Gasteiger partial charge < -0.3 is 0 Å². The monoisotopic (exact) mass is 343 g/mol. The molecule has 0 aliphatic heterocycles. The van der Waals surface area contributed by atoms with E-state index in [1.807, 2.05) is 60.7 Å². The normalized spacial score (nSPS) is 10.1. The Labute approximate surface area is 141 Å². The van der Waals surface area contributed by atoms with Crippen molar-refractivity contribution in [2.24, 2.45) is 0 Å². The number of hydrogen-bond donors (Lipinski definition) is 3. The van der Waals surface area contributed by atoms with Gasteiger partial charge in [0.25, 0.3) is 0 Å². The molecule has 0 bridgehead atoms. The number of nitrogens with zero attached hydrogens (tertiary/aromatic N) is 2. The third-order valence-electron chi connectivity index (χ3n) is 2.67. The molecule has 1 heterocycles. The molecule has 8 heteroatoms. The standard InChI is InChI=1S/C15H13N5OS2/c21-13(19-18-11-7-3-1-4-8-11)16-14-17-15(20-23-14)22-12-9-5-2-6-10-12/h1-10,18H,(H2,16,17,19,20,21). The van der Waals surface area contributed by atoms with E-state index in [9.17, 15) is 4.79 Å². The highest BCUT2D eigenvalue weighted by molar-refractivity contribution is 7.99. The maximum Gasteiger partial charge on any atom is 0.339 e. The second-order valence-corrected chi connectivity index (χ2v) is 6.16. The molecular weight excluding hydrogens is 330 g/mol. The van der Waals surface area contributed by atoms with Gasteiger partial charge in [-0.3, -0.25) is 16.2 Å². The predicted octanol–water partition coefficient (Wildman–Crippen LogP) is 3.84. The lowest BCUT2D eigenvalue weighted by atomic mass is 10.3. The van der Waals surface area contributed by atoms with Crippen LogP contribution in [0.3, 0.4) is 0 Å². The summed E-state index contributed by atoms with van der Waals surface area (Å²) in [4.78, 5) is 17.1. The smallest absolute Gasteiger partial charge is 0.297 e. The van der Waals surface area contributed by atoms with Gasteiger partial charge in [0, 0.05) is 16.4 Å². The van der Waals surface area contributed by atoms with Crippen LogP contribution in [-0.4, -0.2) is 15.4 Å². The molecule has 2 amide bonds. The Bertz CT molecular complexity index is 764. The Morgan fingerprint density at radius 1 is 1.00 bits per heavy atom. The highest BCUT2D eigenvalue weighted by Gasteiger charge is 2.08. The van der Waals surface area contributed by atoms with Gasteiger partial charge in [-0.1, -0.05) is 36.4 Å². The summed E-state index contributed by atoms with van der Waals surface area (Å²) >= 11 is 2.58. The summed E-state index contributed by atoms with van der Waals surface area (Å²) in [6, 6.07) is 18.8. The quantitative estimate of drug-likeness (QED) is 0.614. The molecule has 0 aliphatic rings. The number of nitrogens with one attached hydrogen (secondary N) is 3. The molecule has 0 unspecified atom stereocenters. The van der Waals surface area contributed by atoms with Crippen LogP contribution in [0.15, 0.2) is 70.7 Å². The minimum Gasteiger partial charge on any atom is -0.297 e. The predicted molar refractivity (Wildman–Crippen MR) is 92.7 cm³/mol. The summed E-state index contributed by atoms with van der Waals surface area (Å²) in [5.41, 5.74) is 6.13. The molecule has 23 heavy (non-hydrogen) atoms. The summed E-state index contributed by atoms with van der Waals surface area (Å²) in [5, 5.41) is 3.68. The fourth-order valence-corrected chi connectivity index (χ4v) is 3.11. The van der Waals surface area contributed by atoms with Crippen LogP contribution in [0.5, 0.6) is 0 Å². The third kappa shape index (κ3) is 4.70. The van der Waals surface area contributed by atoms with Crippen molar-refractivity contribution in [2.45, 2.75) is 10.1 Å². The van der Waals surface area contributed by atoms with Crippen molar-refractivity contribution in [3.8, 4) is 0 Å². The van der Waals surface area contributed by atoms with E-state index in [0.717, 1.165) is 22.1 Å². The molecule has 3 N–H and O–H groups in total. The van der Waals surface area contributed by atoms with Crippen molar-refractivity contribution in [3.05, 3.63) is 60.7 Å². The lowest BCUT2D eigenvalue weighted by molar-refractivity contribution is 0.254. The van der Waals surface area contributed by atoms with Crippen molar-refractivity contribution in [1.82, 2.24) is 14.8 Å². The first-order valence-corrected chi connectivity index (χ1v) is 8.33. The number of aromatic nitrogens is 2. The average Bonchev–Trinajstić information content (AvgIpc) is 3.02. The average molecular weight is 343 g/mol. The van der Waals surface area contributed by atoms with Gasteiger partial charge in [0.05, 0.1) is 5.69 Å². The molecule has 0 aliphatic carbocycles. The second-order valence-electron chi connectivity index (χ2n) is 4.37. The summed E-state index contributed by atoms with van der Waals surface area (Å²) in [6.07, 6.45) is 0. The van der Waals surface area contributed by atoms with Crippen LogP contribution in [-0.2, 0) is 0 Å². The first kappa shape index (κ1) is 15.3. The summed E-state index contributed by atoms with van der Waals surface area (Å²) in [5.74, 6) is 0. The third-order valence-corrected chi connectivity index (χ3v) is 4.29. The molecule has 6 nitrogen and oxygen atoms in total. The molecule has 0 spiro atoms. The molecule has 3 rings (SSSR count). The van der Waals surface area contributed by atoms with Crippen molar-refractivity contribution < 1.29 is 4.79 Å². The zero-order valence-corrected chi connectivity index (χ0v) is 13.5. The van der Waals surface area contributed by atoms with E-state index in [4.69, 9.17) is 0 Å². The van der Waals surface area contributed by atoms with Crippen molar-refractivity contribution in [1.29, 1.82) is 0 Å². The van der Waals surface area contributed by atoms with E-state index in [-0.39, 0.29) is 0 Å². The van der Waals surface area contributed by atoms with E-state index in [1.165, 1.54) is 11.8 Å². The molecule has 0 saturated carbocycles. The SMILES string of the molecule is O=C(NNc1ccccc1)Nc1nc(Sc2ccccc2)ns1. The Hall–Kier alpha value is -2.58. The van der Waals surface area contributed by atoms with Gasteiger partial charge in [0.1, 0.15) is 0 Å². The molecule has 116 valence electrons. The second kappa shape index (κ2) is 7.61. The van der Waals surface area contributed by atoms with E-state index >= 15 is 0 Å². The van der Waals surface area contributed by atoms with Crippen LogP contribution in [0.25, 0.3) is 0 Å². The number of carbonyl (C=O) groups is 1. The van der Waals surface area contributed by atoms with Crippen molar-refractivity contribution in [2.75, 3.05) is 10.7 Å². The topological polar surface area (TPSA) is 78.9 Å². The van der Waals surface area contributed by atoms with Gasteiger partial charge in [0.15, 0.2) is 0 Å². The minimum atomic E-state index is -0.402. The largest absolute Gasteiger partial charge is 0.339 e. The summed E-state index contributed by atoms with van der Waals surface area (Å²) in [7, 11) is 0. The van der Waals surface area contributed by atoms with Crippen molar-refractivity contribution in [3.63, 3.8) is 0 Å². The number of rotatable bonds is 5. The molecule has 0 saturated heterocycles. The van der Waals surface area contributed by atoms with Gasteiger partial charge in [-0.05, 0) is 36.0 Å². The lowest BCUT2D eigenvalue weighted by Crippen LogP contribution is -2.33. The number of amides is 2. The summed E-state index contributed by atoms with van der Waals surface area (Å²) < 4.78 is 4.21. The first-order chi connectivity index (χ1) is 11.3. The number of anilines is 2. The minimum absolute atomic E-state index is 0.402. The molecule has 3 aromatic rings. The highest BCUT2D eigenvalue weighted by atomic mass is 32.2. The number of carbonyl (C=O) groups excluding carboxylic acids is 1. The van der Waals surface area contributed by atoms with Gasteiger partial charge in [0.2, 0.25) is 10.3 Å². The fourth-order valence-electron chi connectivity index (χ4n) is 1.67. The highest BCUT2D eigenvalue weighted by Crippen LogP contribution is 2.27. The molecule has 2 aromatic carbocycles. The number of urea groups is 1. The van der Waals surface area contributed by atoms with Gasteiger partial charge >= 0.3 is 6.03 Å². The van der Waals surface area contributed by atoms with Crippen molar-refractivity contribution >= 4 is 40.1 Å². The Morgan fingerprint density at radius 3 is 2.43 bits per heavy atom. The Balaban J connectivity index is 1.51. The van der Waals surface area contributed by atoms with E-state index in [2.05, 4.69) is 25.5 Å². The maximum absolute atomic E-state index is 11.8. The number of benzene rings is 2. The van der Waals surface area contributed by atoms with Gasteiger partial charge in [-0.2, -0.15) is 9.36 Å². The maximum atomic E-state index is 11.8. The number of hydrogen-bond acceptors (Lipinski definition) is 6. The van der Waals surface area contributed by atoms with E-state index in [1.54, 1.807) is 0 Å². The molecular formula is C15H13N5OS2. The van der Waals surface area contributed by atoms with Crippen LogP contribution in [0.2, 0.25) is 0 Å². The van der Waals surface area contributed by atoms with Crippen LogP contribution in [0.1, 0.15) is 0 Å². The first-order valence-electron chi connectivity index (χ1n) is 6.74. The molecule has 0 atom stereocenters. The fraction of sp³-hybridized carbons (Fsp3) is 0. The van der Waals surface area contributed by atoms with Crippen LogP contribution in [0.4, 0.5) is 15.6 Å². The van der Waals surface area contributed by atoms with E-state index < -0.39 is 6.03 Å². The molecule has 1 aromatic heterocycles. The Kier molecular flexibility index (Phi) is 5.07. The van der Waals surface area contributed by atoms with Crippen LogP contribution >= 0.6 is 23.3 Å². The Morgan fingerprint density at radius 2 is 1.70 bits per heavy atom. The molecule has 0 fully saturated rings. The van der Waals surface area contributed by atoms with Gasteiger partial charge in [-0.25, -0.2) is 4.79 Å².